The minimum absolute atomic E-state index is 0.0828. The molecule has 4 aliphatic rings. The van der Waals surface area contributed by atoms with E-state index in [-0.39, 0.29) is 16.9 Å². The lowest BCUT2D eigenvalue weighted by atomic mass is 9.60. The molecule has 4 heterocycles. The largest absolute Gasteiger partial charge is 0.391 e. The molecule has 16 heavy (non-hydrogen) atoms. The Bertz CT molecular complexity index is 277. The Morgan fingerprint density at radius 3 is 1.69 bits per heavy atom. The molecule has 0 aromatic heterocycles. The molecule has 0 amide bonds. The van der Waals surface area contributed by atoms with Gasteiger partial charge in [-0.05, 0) is 13.8 Å². The fourth-order valence-corrected chi connectivity index (χ4v) is 5.22. The Kier molecular flexibility index (Phi) is 2.07. The van der Waals surface area contributed by atoms with Crippen LogP contribution in [0.1, 0.15) is 27.7 Å². The summed E-state index contributed by atoms with van der Waals surface area (Å²) in [5.41, 5.74) is 0.336. The zero-order chi connectivity index (χ0) is 11.7. The summed E-state index contributed by atoms with van der Waals surface area (Å²) in [6.45, 7) is 14.0. The summed E-state index contributed by atoms with van der Waals surface area (Å²) >= 11 is 0. The Balaban J connectivity index is 1.97. The van der Waals surface area contributed by atoms with Gasteiger partial charge in [-0.2, -0.15) is 0 Å². The maximum absolute atomic E-state index is 10.5. The summed E-state index contributed by atoms with van der Waals surface area (Å²) in [5, 5.41) is 10.5. The zero-order valence-electron chi connectivity index (χ0n) is 11.0. The van der Waals surface area contributed by atoms with Gasteiger partial charge in [-0.15, -0.1) is 0 Å². The second-order valence-electron chi connectivity index (χ2n) is 7.46. The summed E-state index contributed by atoms with van der Waals surface area (Å²) in [6, 6.07) is 0. The number of aliphatic hydroxyl groups is 1. The monoisotopic (exact) mass is 226 g/mol. The fourth-order valence-electron chi connectivity index (χ4n) is 5.22. The average Bonchev–Trinajstić information content (AvgIpc) is 2.11. The number of rotatable bonds is 1. The highest BCUT2D eigenvalue weighted by molar-refractivity contribution is 5.00. The molecule has 0 aromatic carbocycles. The lowest BCUT2D eigenvalue weighted by Crippen LogP contribution is -3.45. The van der Waals surface area contributed by atoms with Crippen LogP contribution in [0.4, 0.5) is 0 Å². The normalized spacial score (nSPS) is 59.6. The van der Waals surface area contributed by atoms with Crippen LogP contribution < -0.4 is 9.80 Å². The molecule has 0 spiro atoms. The van der Waals surface area contributed by atoms with Crippen LogP contribution >= 0.6 is 0 Å². The number of aliphatic hydroxyl groups excluding tert-OH is 1. The first kappa shape index (κ1) is 11.0. The molecule has 0 unspecified atom stereocenters. The number of nitrogens with one attached hydrogen (secondary N) is 2. The van der Waals surface area contributed by atoms with Gasteiger partial charge in [0.2, 0.25) is 6.17 Å². The van der Waals surface area contributed by atoms with E-state index in [1.165, 1.54) is 26.2 Å². The van der Waals surface area contributed by atoms with Crippen LogP contribution in [0.2, 0.25) is 0 Å². The van der Waals surface area contributed by atoms with E-state index in [1.54, 1.807) is 9.80 Å². The molecule has 3 nitrogen and oxygen atoms in total. The zero-order valence-corrected chi connectivity index (χ0v) is 11.0. The van der Waals surface area contributed by atoms with Gasteiger partial charge in [0, 0.05) is 0 Å². The summed E-state index contributed by atoms with van der Waals surface area (Å²) in [7, 11) is 0. The van der Waals surface area contributed by atoms with E-state index < -0.39 is 0 Å². The van der Waals surface area contributed by atoms with E-state index in [0.717, 1.165) is 12.1 Å². The van der Waals surface area contributed by atoms with Gasteiger partial charge < -0.3 is 5.11 Å². The number of quaternary nitrogens is 2. The van der Waals surface area contributed by atoms with Gasteiger partial charge in [0.15, 0.2) is 0 Å². The first-order chi connectivity index (χ1) is 7.36. The third-order valence-electron chi connectivity index (χ3n) is 5.39. The molecule has 4 bridgehead atoms. The number of hydrogen-bond acceptors (Lipinski definition) is 1. The van der Waals surface area contributed by atoms with Crippen molar-refractivity contribution in [2.24, 2.45) is 16.7 Å². The lowest BCUT2D eigenvalue weighted by molar-refractivity contribution is -1.18. The van der Waals surface area contributed by atoms with Gasteiger partial charge >= 0.3 is 0 Å². The van der Waals surface area contributed by atoms with Crippen LogP contribution in [0.3, 0.4) is 0 Å². The van der Waals surface area contributed by atoms with Crippen LogP contribution in [0, 0.1) is 16.7 Å². The quantitative estimate of drug-likeness (QED) is 0.482. The van der Waals surface area contributed by atoms with Gasteiger partial charge in [0.25, 0.3) is 0 Å². The van der Waals surface area contributed by atoms with E-state index in [9.17, 15) is 5.11 Å². The van der Waals surface area contributed by atoms with Crippen molar-refractivity contribution in [1.82, 2.24) is 0 Å². The van der Waals surface area contributed by atoms with Crippen LogP contribution in [0.15, 0.2) is 0 Å². The van der Waals surface area contributed by atoms with Crippen molar-refractivity contribution >= 4 is 0 Å². The Morgan fingerprint density at radius 2 is 1.38 bits per heavy atom. The first-order valence-corrected chi connectivity index (χ1v) is 6.73. The standard InChI is InChI=1S/C13H24N2O/c1-9(2)10-14-5-12(3)6-15(10)8-13(4,7-14)11(12)16/h9-11,16H,5-8H2,1-4H3/p+2. The minimum atomic E-state index is -0.0828. The maximum Gasteiger partial charge on any atom is 0.215 e. The highest BCUT2D eigenvalue weighted by Crippen LogP contribution is 2.38. The van der Waals surface area contributed by atoms with Crippen LogP contribution in [-0.4, -0.2) is 43.6 Å². The molecular formula is C13H26N2O+2. The lowest BCUT2D eigenvalue weighted by Gasteiger charge is -2.63. The van der Waals surface area contributed by atoms with Crippen LogP contribution in [0.25, 0.3) is 0 Å². The van der Waals surface area contributed by atoms with E-state index in [4.69, 9.17) is 0 Å². The van der Waals surface area contributed by atoms with Gasteiger partial charge in [-0.1, -0.05) is 13.8 Å². The summed E-state index contributed by atoms with van der Waals surface area (Å²) in [4.78, 5) is 3.50. The number of hydrogen-bond donors (Lipinski definition) is 3. The van der Waals surface area contributed by atoms with Crippen molar-refractivity contribution in [1.29, 1.82) is 0 Å². The van der Waals surface area contributed by atoms with Crippen molar-refractivity contribution in [3.05, 3.63) is 0 Å². The highest BCUT2D eigenvalue weighted by Gasteiger charge is 2.67. The molecular weight excluding hydrogens is 200 g/mol. The third-order valence-corrected chi connectivity index (χ3v) is 5.39. The van der Waals surface area contributed by atoms with E-state index in [0.29, 0.717) is 0 Å². The molecule has 0 atom stereocenters. The minimum Gasteiger partial charge on any atom is -0.391 e. The van der Waals surface area contributed by atoms with Crippen molar-refractivity contribution in [3.8, 4) is 0 Å². The van der Waals surface area contributed by atoms with Crippen molar-refractivity contribution < 1.29 is 14.9 Å². The van der Waals surface area contributed by atoms with Crippen molar-refractivity contribution in [3.63, 3.8) is 0 Å². The second-order valence-corrected chi connectivity index (χ2v) is 7.46. The predicted octanol–water partition coefficient (Wildman–Crippen LogP) is -1.85. The van der Waals surface area contributed by atoms with Gasteiger partial charge in [0.1, 0.15) is 0 Å². The molecule has 4 rings (SSSR count). The van der Waals surface area contributed by atoms with Crippen LogP contribution in [0.5, 0.6) is 0 Å². The summed E-state index contributed by atoms with van der Waals surface area (Å²) < 4.78 is 0. The second kappa shape index (κ2) is 3.01. The fraction of sp³-hybridized carbons (Fsp3) is 1.00. The molecule has 3 N–H and O–H groups in total. The molecule has 0 aliphatic carbocycles. The van der Waals surface area contributed by atoms with Crippen molar-refractivity contribution in [2.75, 3.05) is 26.2 Å². The molecule has 0 radical (unpaired) electrons. The molecule has 0 aromatic rings. The van der Waals surface area contributed by atoms with Crippen LogP contribution in [-0.2, 0) is 0 Å². The summed E-state index contributed by atoms with van der Waals surface area (Å²) in [5.74, 6) is 0.759. The van der Waals surface area contributed by atoms with Gasteiger partial charge in [-0.25, -0.2) is 0 Å². The third kappa shape index (κ3) is 1.20. The Labute approximate surface area is 98.4 Å². The van der Waals surface area contributed by atoms with Gasteiger partial charge in [-0.3, -0.25) is 9.80 Å². The van der Waals surface area contributed by atoms with Gasteiger partial charge in [0.05, 0.1) is 49.0 Å². The molecule has 4 aliphatic heterocycles. The Hall–Kier alpha value is -0.120. The maximum atomic E-state index is 10.5. The smallest absolute Gasteiger partial charge is 0.215 e. The van der Waals surface area contributed by atoms with Crippen molar-refractivity contribution in [2.45, 2.75) is 40.0 Å². The molecule has 3 heteroatoms. The molecule has 0 saturated carbocycles. The highest BCUT2D eigenvalue weighted by atomic mass is 16.3. The van der Waals surface area contributed by atoms with E-state index >= 15 is 0 Å². The first-order valence-electron chi connectivity index (χ1n) is 6.73. The molecule has 4 fully saturated rings. The van der Waals surface area contributed by atoms with E-state index in [1.807, 2.05) is 0 Å². The average molecular weight is 226 g/mol. The predicted molar refractivity (Wildman–Crippen MR) is 62.2 cm³/mol. The number of piperidine rings is 2. The van der Waals surface area contributed by atoms with E-state index in [2.05, 4.69) is 27.7 Å². The Morgan fingerprint density at radius 1 is 1.00 bits per heavy atom. The molecule has 92 valence electrons. The summed E-state index contributed by atoms with van der Waals surface area (Å²) in [6.07, 6.45) is 0.689. The SMILES string of the molecule is CC(C)C1[NH+]2CC3(C)C[NH+]1CC(C)(C2)C3O. The molecule has 4 saturated heterocycles. The topological polar surface area (TPSA) is 29.1 Å².